The van der Waals surface area contributed by atoms with E-state index in [2.05, 4.69) is 74.7 Å². The van der Waals surface area contributed by atoms with Crippen molar-refractivity contribution in [1.82, 2.24) is 5.32 Å². The molecule has 0 saturated carbocycles. The van der Waals surface area contributed by atoms with Crippen LogP contribution in [-0.2, 0) is 27.9 Å². The van der Waals surface area contributed by atoms with Gasteiger partial charge in [0.05, 0.1) is 33.8 Å². The Kier molecular flexibility index (Phi) is 63.9. The van der Waals surface area contributed by atoms with Gasteiger partial charge in [-0.1, -0.05) is 332 Å². The monoisotopic (exact) mass is 1230 g/mol. The maximum Gasteiger partial charge on any atom is 0.472 e. The van der Waals surface area contributed by atoms with Crippen LogP contribution in [0.3, 0.4) is 0 Å². The van der Waals surface area contributed by atoms with Crippen LogP contribution in [0.25, 0.3) is 0 Å². The van der Waals surface area contributed by atoms with Crippen molar-refractivity contribution in [2.24, 2.45) is 0 Å². The molecule has 0 aliphatic heterocycles. The summed E-state index contributed by atoms with van der Waals surface area (Å²) in [6.45, 7) is 7.03. The Morgan fingerprint density at radius 2 is 0.709 bits per heavy atom. The number of nitrogens with zero attached hydrogens (tertiary/aromatic N) is 1. The molecule has 0 radical (unpaired) electrons. The minimum absolute atomic E-state index is 0.0395. The van der Waals surface area contributed by atoms with Gasteiger partial charge in [-0.15, -0.1) is 0 Å². The van der Waals surface area contributed by atoms with Crippen LogP contribution in [0.15, 0.2) is 60.8 Å². The van der Waals surface area contributed by atoms with E-state index in [1.807, 2.05) is 33.3 Å². The van der Waals surface area contributed by atoms with E-state index in [1.54, 1.807) is 0 Å². The van der Waals surface area contributed by atoms with Crippen molar-refractivity contribution in [2.75, 3.05) is 40.9 Å². The van der Waals surface area contributed by atoms with Gasteiger partial charge in [0.15, 0.2) is 0 Å². The third-order valence-electron chi connectivity index (χ3n) is 16.7. The van der Waals surface area contributed by atoms with Crippen LogP contribution in [0, 0.1) is 0 Å². The third kappa shape index (κ3) is 66.1. The highest BCUT2D eigenvalue weighted by atomic mass is 31.2. The van der Waals surface area contributed by atoms with Crippen LogP contribution >= 0.6 is 7.82 Å². The van der Waals surface area contributed by atoms with Crippen molar-refractivity contribution < 1.29 is 37.3 Å². The van der Waals surface area contributed by atoms with Crippen molar-refractivity contribution >= 4 is 19.7 Å². The van der Waals surface area contributed by atoms with Crippen LogP contribution in [0.2, 0.25) is 0 Å². The Morgan fingerprint density at radius 1 is 0.407 bits per heavy atom. The molecule has 1 amide bonds. The first-order valence-corrected chi connectivity index (χ1v) is 38.6. The molecule has 504 valence electrons. The van der Waals surface area contributed by atoms with E-state index in [4.69, 9.17) is 13.8 Å². The standard InChI is InChI=1S/C76H143N2O7P/c1-7-10-13-16-19-22-25-28-30-32-34-36-38-39-41-42-44-46-48-50-53-56-59-62-65-68-75(79)77-73(72-84-86(81,82)83-71-70-78(4,5)6)74(67-64-61-58-55-52-27-24-21-18-15-12-9-3)85-76(80)69-66-63-60-57-54-51-49-47-45-43-40-37-35-33-31-29-26-23-20-17-14-11-8-2/h19,22,28,30,34,36,39,41,64,67,73-74H,7-18,20-21,23-27,29,31-33,35,37-38,40,42-63,65-66,68-72H2,1-6H3,(H-,77,79,81,82)/p+1/b22-19-,30-28-,36-34-,41-39-,67-64+. The number of hydrogen-bond acceptors (Lipinski definition) is 6. The molecule has 0 saturated heterocycles. The molecule has 0 rings (SSSR count). The van der Waals surface area contributed by atoms with Gasteiger partial charge in [-0.25, -0.2) is 4.57 Å². The third-order valence-corrected chi connectivity index (χ3v) is 17.7. The fourth-order valence-corrected chi connectivity index (χ4v) is 11.7. The van der Waals surface area contributed by atoms with Gasteiger partial charge in [-0.05, 0) is 76.7 Å². The lowest BCUT2D eigenvalue weighted by Crippen LogP contribution is -2.47. The molecule has 0 aliphatic rings. The predicted octanol–water partition coefficient (Wildman–Crippen LogP) is 23.7. The van der Waals surface area contributed by atoms with E-state index in [0.29, 0.717) is 23.9 Å². The van der Waals surface area contributed by atoms with Gasteiger partial charge >= 0.3 is 13.8 Å². The quantitative estimate of drug-likeness (QED) is 0.0205. The molecule has 3 atom stereocenters. The lowest BCUT2D eigenvalue weighted by molar-refractivity contribution is -0.870. The van der Waals surface area contributed by atoms with E-state index in [9.17, 15) is 19.0 Å². The molecular formula is C76H144N2O7P+. The van der Waals surface area contributed by atoms with E-state index < -0.39 is 20.0 Å². The minimum atomic E-state index is -4.46. The molecule has 0 aromatic carbocycles. The summed E-state index contributed by atoms with van der Waals surface area (Å²) >= 11 is 0. The number of phosphoric acid groups is 1. The number of phosphoric ester groups is 1. The number of likely N-dealkylation sites (N-methyl/N-ethyl adjacent to an activating group) is 1. The molecule has 0 aromatic rings. The average Bonchev–Trinajstić information content (AvgIpc) is 3.69. The molecule has 0 aliphatic carbocycles. The number of carbonyl (C=O) groups excluding carboxylic acids is 2. The summed E-state index contributed by atoms with van der Waals surface area (Å²) in [5.41, 5.74) is 0. The number of amides is 1. The zero-order valence-corrected chi connectivity index (χ0v) is 58.7. The first kappa shape index (κ1) is 83.7. The maximum absolute atomic E-state index is 13.6. The lowest BCUT2D eigenvalue weighted by Gasteiger charge is -2.27. The van der Waals surface area contributed by atoms with Crippen molar-refractivity contribution in [3.8, 4) is 0 Å². The molecule has 0 bridgehead atoms. The van der Waals surface area contributed by atoms with Gasteiger partial charge in [0.25, 0.3) is 0 Å². The second kappa shape index (κ2) is 65.7. The first-order valence-electron chi connectivity index (χ1n) is 37.1. The Labute approximate surface area is 534 Å². The Bertz CT molecular complexity index is 1650. The van der Waals surface area contributed by atoms with Crippen LogP contribution in [-0.4, -0.2) is 74.3 Å². The summed E-state index contributed by atoms with van der Waals surface area (Å²) in [5, 5.41) is 3.08. The largest absolute Gasteiger partial charge is 0.472 e. The van der Waals surface area contributed by atoms with Crippen LogP contribution in [0.1, 0.15) is 361 Å². The van der Waals surface area contributed by atoms with Gasteiger partial charge < -0.3 is 19.4 Å². The molecule has 3 unspecified atom stereocenters. The zero-order chi connectivity index (χ0) is 62.8. The summed E-state index contributed by atoms with van der Waals surface area (Å²) in [5.74, 6) is -0.496. The van der Waals surface area contributed by atoms with Crippen LogP contribution in [0.4, 0.5) is 0 Å². The predicted molar refractivity (Wildman–Crippen MR) is 374 cm³/mol. The van der Waals surface area contributed by atoms with E-state index in [-0.39, 0.29) is 25.1 Å². The van der Waals surface area contributed by atoms with Gasteiger partial charge in [-0.3, -0.25) is 18.6 Å². The summed E-state index contributed by atoms with van der Waals surface area (Å²) in [6.07, 6.45) is 85.2. The van der Waals surface area contributed by atoms with Crippen molar-refractivity contribution in [1.29, 1.82) is 0 Å². The van der Waals surface area contributed by atoms with Crippen molar-refractivity contribution in [3.63, 3.8) is 0 Å². The fourth-order valence-electron chi connectivity index (χ4n) is 11.0. The van der Waals surface area contributed by atoms with E-state index in [0.717, 1.165) is 89.9 Å². The first-order chi connectivity index (χ1) is 41.9. The van der Waals surface area contributed by atoms with E-state index >= 15 is 0 Å². The minimum Gasteiger partial charge on any atom is -0.456 e. The number of carbonyl (C=O) groups is 2. The highest BCUT2D eigenvalue weighted by Crippen LogP contribution is 2.43. The number of unbranched alkanes of at least 4 members (excludes halogenated alkanes) is 44. The number of esters is 1. The van der Waals surface area contributed by atoms with Crippen molar-refractivity contribution in [3.05, 3.63) is 60.8 Å². The lowest BCUT2D eigenvalue weighted by atomic mass is 10.0. The molecule has 0 spiro atoms. The number of rotatable bonds is 68. The van der Waals surface area contributed by atoms with Crippen LogP contribution < -0.4 is 5.32 Å². The van der Waals surface area contributed by atoms with E-state index in [1.165, 1.54) is 238 Å². The smallest absolute Gasteiger partial charge is 0.456 e. The molecular weight excluding hydrogens is 1080 g/mol. The highest BCUT2D eigenvalue weighted by molar-refractivity contribution is 7.47. The normalized spacial score (nSPS) is 13.8. The topological polar surface area (TPSA) is 111 Å². The molecule has 0 fully saturated rings. The zero-order valence-electron chi connectivity index (χ0n) is 57.8. The molecule has 10 heteroatoms. The number of hydrogen-bond donors (Lipinski definition) is 2. The van der Waals surface area contributed by atoms with Crippen LogP contribution in [0.5, 0.6) is 0 Å². The number of quaternary nitrogens is 1. The summed E-state index contributed by atoms with van der Waals surface area (Å²) < 4.78 is 30.9. The molecule has 2 N–H and O–H groups in total. The van der Waals surface area contributed by atoms with Gasteiger partial charge in [0, 0.05) is 12.8 Å². The average molecular weight is 1230 g/mol. The second-order valence-corrected chi connectivity index (χ2v) is 27.9. The second-order valence-electron chi connectivity index (χ2n) is 26.5. The molecule has 86 heavy (non-hydrogen) atoms. The van der Waals surface area contributed by atoms with Gasteiger partial charge in [-0.2, -0.15) is 0 Å². The fraction of sp³-hybridized carbons (Fsp3) is 0.842. The Morgan fingerprint density at radius 3 is 1.08 bits per heavy atom. The summed E-state index contributed by atoms with van der Waals surface area (Å²) in [7, 11) is 1.50. The SMILES string of the molecule is CCCCC/C=C\C/C=C\C/C=C\C/C=C\CCCCCCCCCCCC(=O)NC(COP(=O)(O)OCC[N+](C)(C)C)C(/C=C/CCCCCCCCCCCC)OC(=O)CCCCCCCCCCCCCCCCCCCCCCCCC. The van der Waals surface area contributed by atoms with Gasteiger partial charge in [0.1, 0.15) is 19.3 Å². The van der Waals surface area contributed by atoms with Gasteiger partial charge in [0.2, 0.25) is 5.91 Å². The molecule has 0 heterocycles. The number of ether oxygens (including phenoxy) is 1. The highest BCUT2D eigenvalue weighted by Gasteiger charge is 2.30. The maximum atomic E-state index is 13.6. The molecule has 9 nitrogen and oxygen atoms in total. The number of nitrogens with one attached hydrogen (secondary N) is 1. The Hall–Kier alpha value is -2.29. The summed E-state index contributed by atoms with van der Waals surface area (Å²) in [4.78, 5) is 37.9. The molecule has 0 aromatic heterocycles. The van der Waals surface area contributed by atoms with Crippen molar-refractivity contribution in [2.45, 2.75) is 373 Å². The summed E-state index contributed by atoms with van der Waals surface area (Å²) in [6, 6.07) is -0.852. The number of allylic oxidation sites excluding steroid dienone is 9. The Balaban J connectivity index is 5.02.